The van der Waals surface area contributed by atoms with Crippen molar-refractivity contribution in [3.63, 3.8) is 0 Å². The molecule has 2 rings (SSSR count). The Balaban J connectivity index is 2.26. The number of carbonyl (C=O) groups is 1. The van der Waals surface area contributed by atoms with E-state index in [4.69, 9.17) is 5.73 Å². The van der Waals surface area contributed by atoms with E-state index < -0.39 is 11.6 Å². The fourth-order valence-electron chi connectivity index (χ4n) is 2.55. The molecule has 2 unspecified atom stereocenters. The standard InChI is InChI=1S/C14H17F2NO/c15-9-6-7-12(16)11(8-9)14(18)10-4-2-1-3-5-13(10)17/h6-8,10,13H,1-5,17H2. The van der Waals surface area contributed by atoms with E-state index in [9.17, 15) is 13.6 Å². The zero-order valence-electron chi connectivity index (χ0n) is 10.2. The minimum atomic E-state index is -0.669. The minimum Gasteiger partial charge on any atom is -0.327 e. The van der Waals surface area contributed by atoms with Gasteiger partial charge in [-0.25, -0.2) is 8.78 Å². The lowest BCUT2D eigenvalue weighted by atomic mass is 9.87. The molecule has 1 aromatic rings. The summed E-state index contributed by atoms with van der Waals surface area (Å²) in [5.41, 5.74) is 5.80. The first kappa shape index (κ1) is 13.1. The van der Waals surface area contributed by atoms with Crippen LogP contribution in [0.1, 0.15) is 42.5 Å². The van der Waals surface area contributed by atoms with Gasteiger partial charge in [-0.1, -0.05) is 19.3 Å². The van der Waals surface area contributed by atoms with Gasteiger partial charge in [0.05, 0.1) is 5.56 Å². The quantitative estimate of drug-likeness (QED) is 0.650. The van der Waals surface area contributed by atoms with E-state index in [-0.39, 0.29) is 23.3 Å². The summed E-state index contributed by atoms with van der Waals surface area (Å²) in [4.78, 5) is 12.2. The smallest absolute Gasteiger partial charge is 0.170 e. The van der Waals surface area contributed by atoms with Crippen LogP contribution in [0.15, 0.2) is 18.2 Å². The second-order valence-electron chi connectivity index (χ2n) is 4.90. The normalized spacial score (nSPS) is 24.6. The SMILES string of the molecule is NC1CCCCCC1C(=O)c1cc(F)ccc1F. The average molecular weight is 253 g/mol. The molecule has 1 aromatic carbocycles. The average Bonchev–Trinajstić information content (AvgIpc) is 2.56. The first-order chi connectivity index (χ1) is 8.59. The number of benzene rings is 1. The van der Waals surface area contributed by atoms with Crippen LogP contribution in [0.5, 0.6) is 0 Å². The minimum absolute atomic E-state index is 0.169. The van der Waals surface area contributed by atoms with E-state index in [0.29, 0.717) is 6.42 Å². The molecule has 1 aliphatic rings. The summed E-state index contributed by atoms with van der Waals surface area (Å²) in [7, 11) is 0. The van der Waals surface area contributed by atoms with Crippen LogP contribution in [0.2, 0.25) is 0 Å². The van der Waals surface area contributed by atoms with Gasteiger partial charge in [0.15, 0.2) is 5.78 Å². The summed E-state index contributed by atoms with van der Waals surface area (Å²) >= 11 is 0. The molecule has 18 heavy (non-hydrogen) atoms. The number of halogens is 2. The van der Waals surface area contributed by atoms with Gasteiger partial charge in [0.1, 0.15) is 11.6 Å². The molecule has 0 aromatic heterocycles. The van der Waals surface area contributed by atoms with Crippen LogP contribution in [-0.4, -0.2) is 11.8 Å². The fourth-order valence-corrected chi connectivity index (χ4v) is 2.55. The molecule has 1 fully saturated rings. The summed E-state index contributed by atoms with van der Waals surface area (Å²) in [6.45, 7) is 0. The predicted molar refractivity (Wildman–Crippen MR) is 65.2 cm³/mol. The van der Waals surface area contributed by atoms with Gasteiger partial charge in [0.25, 0.3) is 0 Å². The maximum atomic E-state index is 13.6. The molecule has 98 valence electrons. The molecule has 2 nitrogen and oxygen atoms in total. The summed E-state index contributed by atoms with van der Waals surface area (Å²) in [5, 5.41) is 0. The fraction of sp³-hybridized carbons (Fsp3) is 0.500. The highest BCUT2D eigenvalue weighted by Crippen LogP contribution is 2.26. The second kappa shape index (κ2) is 5.57. The maximum Gasteiger partial charge on any atom is 0.170 e. The lowest BCUT2D eigenvalue weighted by Gasteiger charge is -2.20. The predicted octanol–water partition coefficient (Wildman–Crippen LogP) is 3.06. The molecule has 0 spiro atoms. The molecule has 1 aliphatic carbocycles. The molecule has 0 heterocycles. The number of rotatable bonds is 2. The van der Waals surface area contributed by atoms with Crippen molar-refractivity contribution in [1.29, 1.82) is 0 Å². The van der Waals surface area contributed by atoms with Crippen molar-refractivity contribution in [1.82, 2.24) is 0 Å². The van der Waals surface area contributed by atoms with E-state index in [1.807, 2.05) is 0 Å². The Morgan fingerprint density at radius 3 is 2.67 bits per heavy atom. The van der Waals surface area contributed by atoms with Gasteiger partial charge in [-0.15, -0.1) is 0 Å². The van der Waals surface area contributed by atoms with Gasteiger partial charge in [-0.3, -0.25) is 4.79 Å². The van der Waals surface area contributed by atoms with E-state index >= 15 is 0 Å². The third kappa shape index (κ3) is 2.75. The zero-order chi connectivity index (χ0) is 13.1. The molecule has 1 saturated carbocycles. The van der Waals surface area contributed by atoms with Crippen LogP contribution < -0.4 is 5.73 Å². The summed E-state index contributed by atoms with van der Waals surface area (Å²) < 4.78 is 26.7. The van der Waals surface area contributed by atoms with Gasteiger partial charge in [0.2, 0.25) is 0 Å². The molecule has 2 N–H and O–H groups in total. The molecule has 0 aliphatic heterocycles. The molecule has 0 amide bonds. The second-order valence-corrected chi connectivity index (χ2v) is 4.90. The molecular weight excluding hydrogens is 236 g/mol. The Bertz CT molecular complexity index is 447. The Morgan fingerprint density at radius 1 is 1.17 bits per heavy atom. The monoisotopic (exact) mass is 253 g/mol. The summed E-state index contributed by atoms with van der Waals surface area (Å²) in [5.74, 6) is -2.01. The Morgan fingerprint density at radius 2 is 1.89 bits per heavy atom. The number of hydrogen-bond donors (Lipinski definition) is 1. The Labute approximate surface area is 105 Å². The van der Waals surface area contributed by atoms with E-state index in [2.05, 4.69) is 0 Å². The van der Waals surface area contributed by atoms with Crippen molar-refractivity contribution in [2.24, 2.45) is 11.7 Å². The molecule has 0 bridgehead atoms. The van der Waals surface area contributed by atoms with Crippen molar-refractivity contribution in [3.05, 3.63) is 35.4 Å². The third-order valence-corrected chi connectivity index (χ3v) is 3.60. The van der Waals surface area contributed by atoms with Crippen LogP contribution in [0.4, 0.5) is 8.78 Å². The van der Waals surface area contributed by atoms with Gasteiger partial charge < -0.3 is 5.73 Å². The first-order valence-corrected chi connectivity index (χ1v) is 6.34. The summed E-state index contributed by atoms with van der Waals surface area (Å²) in [6.07, 6.45) is 4.39. The number of hydrogen-bond acceptors (Lipinski definition) is 2. The molecule has 0 radical (unpaired) electrons. The Kier molecular flexibility index (Phi) is 4.07. The maximum absolute atomic E-state index is 13.6. The van der Waals surface area contributed by atoms with E-state index in [1.54, 1.807) is 0 Å². The number of Topliss-reactive ketones (excluding diaryl/α,β-unsaturated/α-hetero) is 1. The van der Waals surface area contributed by atoms with E-state index in [0.717, 1.165) is 43.9 Å². The van der Waals surface area contributed by atoms with Gasteiger partial charge in [0, 0.05) is 12.0 Å². The highest BCUT2D eigenvalue weighted by Gasteiger charge is 2.29. The third-order valence-electron chi connectivity index (χ3n) is 3.60. The van der Waals surface area contributed by atoms with Gasteiger partial charge in [-0.2, -0.15) is 0 Å². The Hall–Kier alpha value is -1.29. The van der Waals surface area contributed by atoms with Crippen LogP contribution in [-0.2, 0) is 0 Å². The molecule has 0 saturated heterocycles. The molecular formula is C14H17F2NO. The van der Waals surface area contributed by atoms with Crippen molar-refractivity contribution < 1.29 is 13.6 Å². The first-order valence-electron chi connectivity index (χ1n) is 6.34. The van der Waals surface area contributed by atoms with Crippen molar-refractivity contribution >= 4 is 5.78 Å². The topological polar surface area (TPSA) is 43.1 Å². The highest BCUT2D eigenvalue weighted by molar-refractivity contribution is 5.98. The van der Waals surface area contributed by atoms with Crippen molar-refractivity contribution in [2.75, 3.05) is 0 Å². The van der Waals surface area contributed by atoms with Crippen molar-refractivity contribution in [3.8, 4) is 0 Å². The summed E-state index contributed by atoms with van der Waals surface area (Å²) in [6, 6.07) is 2.72. The highest BCUT2D eigenvalue weighted by atomic mass is 19.1. The number of carbonyl (C=O) groups excluding carboxylic acids is 1. The van der Waals surface area contributed by atoms with Crippen LogP contribution in [0.25, 0.3) is 0 Å². The van der Waals surface area contributed by atoms with Crippen molar-refractivity contribution in [2.45, 2.75) is 38.1 Å². The van der Waals surface area contributed by atoms with E-state index in [1.165, 1.54) is 0 Å². The number of nitrogens with two attached hydrogens (primary N) is 1. The molecule has 4 heteroatoms. The molecule has 2 atom stereocenters. The zero-order valence-corrected chi connectivity index (χ0v) is 10.2. The van der Waals surface area contributed by atoms with Gasteiger partial charge >= 0.3 is 0 Å². The van der Waals surface area contributed by atoms with Crippen LogP contribution >= 0.6 is 0 Å². The largest absolute Gasteiger partial charge is 0.327 e. The lowest BCUT2D eigenvalue weighted by Crippen LogP contribution is -2.35. The van der Waals surface area contributed by atoms with Crippen LogP contribution in [0, 0.1) is 17.6 Å². The van der Waals surface area contributed by atoms with Crippen LogP contribution in [0.3, 0.4) is 0 Å². The number of ketones is 1. The lowest BCUT2D eigenvalue weighted by molar-refractivity contribution is 0.0890. The van der Waals surface area contributed by atoms with Gasteiger partial charge in [-0.05, 0) is 31.0 Å².